The largest absolute Gasteiger partial charge is 0.370 e. The van der Waals surface area contributed by atoms with E-state index in [0.29, 0.717) is 25.2 Å². The van der Waals surface area contributed by atoms with Crippen LogP contribution in [0.25, 0.3) is 0 Å². The Labute approximate surface area is 138 Å². The number of piperidine rings is 1. The Kier molecular flexibility index (Phi) is 3.40. The third-order valence-corrected chi connectivity index (χ3v) is 5.17. The highest BCUT2D eigenvalue weighted by Crippen LogP contribution is 2.59. The topological polar surface area (TPSA) is 61.5 Å². The van der Waals surface area contributed by atoms with E-state index in [9.17, 15) is 8.78 Å². The van der Waals surface area contributed by atoms with E-state index in [-0.39, 0.29) is 0 Å². The number of aryl methyl sites for hydroxylation is 1. The molecule has 2 unspecified atom stereocenters. The van der Waals surface area contributed by atoms with Crippen LogP contribution in [-0.4, -0.2) is 39.0 Å². The molecule has 1 saturated heterocycles. The van der Waals surface area contributed by atoms with Gasteiger partial charge in [-0.1, -0.05) is 6.07 Å². The molecule has 5 nitrogen and oxygen atoms in total. The van der Waals surface area contributed by atoms with Gasteiger partial charge in [-0.25, -0.2) is 8.78 Å². The van der Waals surface area contributed by atoms with Crippen molar-refractivity contribution in [2.24, 2.45) is 11.8 Å². The van der Waals surface area contributed by atoms with Gasteiger partial charge in [0.25, 0.3) is 5.92 Å². The second-order valence-electron chi connectivity index (χ2n) is 6.75. The first-order valence-corrected chi connectivity index (χ1v) is 7.97. The molecule has 7 heteroatoms. The van der Waals surface area contributed by atoms with E-state index in [1.54, 1.807) is 10.9 Å². The number of nitrogens with zero attached hydrogens (tertiary/aromatic N) is 3. The first-order chi connectivity index (χ1) is 11.4. The van der Waals surface area contributed by atoms with Crippen molar-refractivity contribution in [2.45, 2.75) is 25.7 Å². The number of hydrogen-bond donors (Lipinski definition) is 2. The molecule has 1 saturated carbocycles. The van der Waals surface area contributed by atoms with Crippen LogP contribution in [0.3, 0.4) is 0 Å². The van der Waals surface area contributed by atoms with E-state index >= 15 is 0 Å². The number of benzene rings is 1. The molecule has 0 amide bonds. The molecule has 2 aliphatic rings. The van der Waals surface area contributed by atoms with E-state index in [2.05, 4.69) is 5.10 Å². The summed E-state index contributed by atoms with van der Waals surface area (Å²) in [7, 11) is 0. The minimum Gasteiger partial charge on any atom is -0.370 e. The fourth-order valence-corrected chi connectivity index (χ4v) is 3.55. The monoisotopic (exact) mass is 335 g/mol. The predicted octanol–water partition coefficient (Wildman–Crippen LogP) is 1.92. The molecule has 1 aromatic carbocycles. The van der Waals surface area contributed by atoms with Gasteiger partial charge in [-0.2, -0.15) is 5.10 Å². The third-order valence-electron chi connectivity index (χ3n) is 5.17. The van der Waals surface area contributed by atoms with Crippen molar-refractivity contribution in [2.75, 3.05) is 18.0 Å². The Morgan fingerprint density at radius 1 is 1.29 bits per heavy atom. The van der Waals surface area contributed by atoms with Crippen LogP contribution < -0.4 is 4.90 Å². The smallest absolute Gasteiger partial charge is 0.258 e. The van der Waals surface area contributed by atoms with Gasteiger partial charge in [0.1, 0.15) is 0 Å². The average Bonchev–Trinajstić information content (AvgIpc) is 3.00. The Morgan fingerprint density at radius 3 is 2.58 bits per heavy atom. The maximum Gasteiger partial charge on any atom is 0.258 e. The zero-order valence-corrected chi connectivity index (χ0v) is 13.2. The normalized spacial score (nSPS) is 24.5. The van der Waals surface area contributed by atoms with Gasteiger partial charge in [0.05, 0.1) is 24.6 Å². The molecule has 2 atom stereocenters. The Hall–Kier alpha value is -1.99. The fourth-order valence-electron chi connectivity index (χ4n) is 3.55. The van der Waals surface area contributed by atoms with E-state index in [0.717, 1.165) is 16.8 Å². The van der Waals surface area contributed by atoms with Gasteiger partial charge in [-0.05, 0) is 30.2 Å². The first-order valence-electron chi connectivity index (χ1n) is 7.97. The number of alkyl halides is 2. The summed E-state index contributed by atoms with van der Waals surface area (Å²) in [4.78, 5) is 2.03. The molecule has 1 aliphatic carbocycles. The van der Waals surface area contributed by atoms with Crippen LogP contribution >= 0.6 is 0 Å². The molecule has 0 bridgehead atoms. The Bertz CT molecular complexity index is 761. The zero-order chi connectivity index (χ0) is 17.1. The molecule has 4 rings (SSSR count). The lowest BCUT2D eigenvalue weighted by Crippen LogP contribution is -2.27. The summed E-state index contributed by atoms with van der Waals surface area (Å²) >= 11 is 0. The summed E-state index contributed by atoms with van der Waals surface area (Å²) in [5.41, 5.74) is 3.43. The zero-order valence-electron chi connectivity index (χ0n) is 13.2. The molecular weight excluding hydrogens is 316 g/mol. The Balaban J connectivity index is 1.46. The molecular formula is C17H19F2N3O2. The average molecular weight is 335 g/mol. The molecule has 0 radical (unpaired) electrons. The number of rotatable bonds is 4. The molecule has 2 heterocycles. The van der Waals surface area contributed by atoms with Crippen LogP contribution in [0.1, 0.15) is 23.0 Å². The number of fused-ring (bicyclic) bond motifs is 1. The van der Waals surface area contributed by atoms with Gasteiger partial charge in [0, 0.05) is 30.5 Å². The van der Waals surface area contributed by atoms with E-state index in [1.807, 2.05) is 30.0 Å². The molecule has 128 valence electrons. The van der Waals surface area contributed by atoms with E-state index < -0.39 is 24.0 Å². The van der Waals surface area contributed by atoms with Crippen LogP contribution in [0.15, 0.2) is 30.6 Å². The lowest BCUT2D eigenvalue weighted by molar-refractivity contribution is -0.0425. The second-order valence-corrected chi connectivity index (χ2v) is 6.75. The van der Waals surface area contributed by atoms with Crippen LogP contribution in [0.4, 0.5) is 14.5 Å². The van der Waals surface area contributed by atoms with Crippen LogP contribution in [0.2, 0.25) is 0 Å². The van der Waals surface area contributed by atoms with Gasteiger partial charge >= 0.3 is 0 Å². The first kappa shape index (κ1) is 15.5. The van der Waals surface area contributed by atoms with Crippen molar-refractivity contribution in [3.63, 3.8) is 0 Å². The van der Waals surface area contributed by atoms with Crippen molar-refractivity contribution < 1.29 is 19.0 Å². The molecule has 1 aromatic heterocycles. The lowest BCUT2D eigenvalue weighted by atomic mass is 10.1. The molecule has 2 N–H and O–H groups in total. The molecule has 2 aromatic rings. The predicted molar refractivity (Wildman–Crippen MR) is 83.8 cm³/mol. The van der Waals surface area contributed by atoms with Gasteiger partial charge in [-0.3, -0.25) is 4.68 Å². The number of aliphatic hydroxyl groups is 2. The van der Waals surface area contributed by atoms with Crippen molar-refractivity contribution in [1.82, 2.24) is 9.78 Å². The third kappa shape index (κ3) is 2.48. The van der Waals surface area contributed by atoms with Crippen LogP contribution in [0, 0.1) is 18.8 Å². The molecule has 24 heavy (non-hydrogen) atoms. The molecule has 1 aliphatic heterocycles. The fraction of sp³-hybridized carbons (Fsp3) is 0.471. The lowest BCUT2D eigenvalue weighted by Gasteiger charge is -2.23. The minimum absolute atomic E-state index is 0.349. The number of hydrogen-bond acceptors (Lipinski definition) is 4. The number of aliphatic hydroxyl groups excluding tert-OH is 1. The van der Waals surface area contributed by atoms with Gasteiger partial charge in [0.15, 0.2) is 6.29 Å². The van der Waals surface area contributed by atoms with Gasteiger partial charge < -0.3 is 15.1 Å². The quantitative estimate of drug-likeness (QED) is 0.838. The molecule has 0 spiro atoms. The summed E-state index contributed by atoms with van der Waals surface area (Å²) in [6.45, 7) is 3.35. The Morgan fingerprint density at radius 2 is 2.00 bits per heavy atom. The number of halogens is 2. The highest BCUT2D eigenvalue weighted by atomic mass is 19.3. The summed E-state index contributed by atoms with van der Waals surface area (Å²) in [6.07, 6.45) is 1.49. The van der Waals surface area contributed by atoms with Crippen molar-refractivity contribution >= 4 is 5.69 Å². The van der Waals surface area contributed by atoms with Crippen molar-refractivity contribution in [3.05, 3.63) is 47.3 Å². The van der Waals surface area contributed by atoms with Crippen molar-refractivity contribution in [3.8, 4) is 0 Å². The summed E-state index contributed by atoms with van der Waals surface area (Å²) in [5.74, 6) is -3.42. The summed E-state index contributed by atoms with van der Waals surface area (Å²) in [5, 5.41) is 22.3. The van der Waals surface area contributed by atoms with E-state index in [1.165, 1.54) is 6.20 Å². The van der Waals surface area contributed by atoms with Crippen LogP contribution in [-0.2, 0) is 6.54 Å². The van der Waals surface area contributed by atoms with Crippen molar-refractivity contribution in [1.29, 1.82) is 0 Å². The second kappa shape index (κ2) is 5.26. The van der Waals surface area contributed by atoms with Gasteiger partial charge in [-0.15, -0.1) is 0 Å². The summed E-state index contributed by atoms with van der Waals surface area (Å²) < 4.78 is 28.2. The van der Waals surface area contributed by atoms with Crippen LogP contribution in [0.5, 0.6) is 0 Å². The molecule has 2 fully saturated rings. The highest BCUT2D eigenvalue weighted by molar-refractivity contribution is 5.53. The number of anilines is 1. The standard InChI is InChI=1S/C17H19F2N3O2/c1-10-4-13(21-8-14-15(9-21)17(14,18)19)3-2-11(10)6-22-7-12(5-20-22)16(23)24/h2-5,7,14-16,23-24H,6,8-9H2,1H3. The minimum atomic E-state index is -2.46. The maximum absolute atomic E-state index is 13.3. The van der Waals surface area contributed by atoms with E-state index in [4.69, 9.17) is 10.2 Å². The maximum atomic E-state index is 13.3. The number of aromatic nitrogens is 2. The van der Waals surface area contributed by atoms with Gasteiger partial charge in [0.2, 0.25) is 0 Å². The summed E-state index contributed by atoms with van der Waals surface area (Å²) in [6, 6.07) is 5.95. The SMILES string of the molecule is Cc1cc(N2CC3C(C2)C3(F)F)ccc1Cn1cc(C(O)O)cn1. The highest BCUT2D eigenvalue weighted by Gasteiger charge is 2.71.